The van der Waals surface area contributed by atoms with Crippen LogP contribution in [0.15, 0.2) is 47.6 Å². The van der Waals surface area contributed by atoms with Gasteiger partial charge in [-0.3, -0.25) is 0 Å². The minimum Gasteiger partial charge on any atom is -0.413 e. The maximum Gasteiger partial charge on any atom is 0.192 e. The molecule has 4 saturated carbocycles. The molecular formula is C46H82O4Si3. The van der Waals surface area contributed by atoms with Crippen LogP contribution >= 0.6 is 0 Å². The zero-order valence-corrected chi connectivity index (χ0v) is 40.6. The van der Waals surface area contributed by atoms with Gasteiger partial charge in [0.05, 0.1) is 23.7 Å². The molecule has 302 valence electrons. The molecule has 0 aromatic carbocycles. The summed E-state index contributed by atoms with van der Waals surface area (Å²) in [5.74, 6) is 1.66. The molecule has 4 nitrogen and oxygen atoms in total. The lowest BCUT2D eigenvalue weighted by Gasteiger charge is -2.45. The first kappa shape index (κ1) is 44.9. The predicted molar refractivity (Wildman–Crippen MR) is 235 cm³/mol. The highest BCUT2D eigenvalue weighted by atomic mass is 28.4. The van der Waals surface area contributed by atoms with Gasteiger partial charge in [-0.1, -0.05) is 113 Å². The monoisotopic (exact) mass is 783 g/mol. The number of carbonyl (C=O) groups is 1. The fraction of sp³-hybridized carbons (Fsp3) is 0.804. The summed E-state index contributed by atoms with van der Waals surface area (Å²) in [5, 5.41) is 0.404. The number of carbonyl (C=O) groups excluding carboxylic acids is 1. The minimum absolute atomic E-state index is 0.00242. The summed E-state index contributed by atoms with van der Waals surface area (Å²) in [7, 11) is -6.00. The van der Waals surface area contributed by atoms with E-state index in [0.717, 1.165) is 25.7 Å². The van der Waals surface area contributed by atoms with E-state index in [-0.39, 0.29) is 44.3 Å². The van der Waals surface area contributed by atoms with Gasteiger partial charge in [0, 0.05) is 6.42 Å². The summed E-state index contributed by atoms with van der Waals surface area (Å²) in [4.78, 5) is 12.3. The van der Waals surface area contributed by atoms with Gasteiger partial charge in [-0.05, 0) is 140 Å². The van der Waals surface area contributed by atoms with Crippen molar-refractivity contribution in [3.63, 3.8) is 0 Å². The Kier molecular flexibility index (Phi) is 13.1. The summed E-state index contributed by atoms with van der Waals surface area (Å²) in [5.41, 5.74) is 4.07. The van der Waals surface area contributed by atoms with E-state index < -0.39 is 25.0 Å². The van der Waals surface area contributed by atoms with Crippen LogP contribution in [-0.4, -0.2) is 49.6 Å². The molecule has 0 bridgehead atoms. The van der Waals surface area contributed by atoms with Gasteiger partial charge in [0.25, 0.3) is 0 Å². The number of aldehydes is 1. The van der Waals surface area contributed by atoms with Crippen molar-refractivity contribution in [2.45, 2.75) is 207 Å². The molecule has 0 aromatic heterocycles. The molecule has 7 heteroatoms. The summed E-state index contributed by atoms with van der Waals surface area (Å²) in [6, 6.07) is 0. The number of allylic oxidation sites excluding steroid dienone is 4. The fourth-order valence-corrected chi connectivity index (χ4v) is 12.7. The first-order valence-corrected chi connectivity index (χ1v) is 30.0. The SMILES string of the molecule is C=C1/C(=C\C=C2/CCC[C@]3(C)[C@@H]([C@H](C)/C=C/[C@@H](O[Si](C)(C)C(C)(C)C)C4(C=O)CC4)CC[C@@H]23)C[C@@H](O[Si](C)(C)C(C)(C)C)C[C@@H]1O[Si](C)(C)C(C)(C)C. The quantitative estimate of drug-likeness (QED) is 0.112. The third-order valence-corrected chi connectivity index (χ3v) is 29.3. The van der Waals surface area contributed by atoms with Crippen molar-refractivity contribution in [1.82, 2.24) is 0 Å². The Morgan fingerprint density at radius 1 is 0.792 bits per heavy atom. The molecule has 0 heterocycles. The van der Waals surface area contributed by atoms with Crippen molar-refractivity contribution < 1.29 is 18.1 Å². The molecule has 4 aliphatic rings. The maximum absolute atomic E-state index is 12.3. The van der Waals surface area contributed by atoms with Gasteiger partial charge in [-0.2, -0.15) is 0 Å². The first-order valence-electron chi connectivity index (χ1n) is 21.3. The number of fused-ring (bicyclic) bond motifs is 1. The smallest absolute Gasteiger partial charge is 0.192 e. The Bertz CT molecular complexity index is 1430. The van der Waals surface area contributed by atoms with Crippen molar-refractivity contribution in [3.05, 3.63) is 47.6 Å². The normalized spacial score (nSPS) is 31.6. The van der Waals surface area contributed by atoms with Gasteiger partial charge in [0.1, 0.15) is 6.29 Å². The predicted octanol–water partition coefficient (Wildman–Crippen LogP) is 13.7. The van der Waals surface area contributed by atoms with Crippen molar-refractivity contribution in [2.75, 3.05) is 0 Å². The third kappa shape index (κ3) is 9.66. The molecule has 53 heavy (non-hydrogen) atoms. The number of hydrogen-bond donors (Lipinski definition) is 0. The lowest BCUT2D eigenvalue weighted by molar-refractivity contribution is -0.114. The van der Waals surface area contributed by atoms with Gasteiger partial charge in [0.15, 0.2) is 25.0 Å². The van der Waals surface area contributed by atoms with Crippen LogP contribution in [0.3, 0.4) is 0 Å². The second-order valence-electron chi connectivity index (χ2n) is 22.8. The van der Waals surface area contributed by atoms with Crippen molar-refractivity contribution in [2.24, 2.45) is 28.6 Å². The molecule has 0 aromatic rings. The Morgan fingerprint density at radius 2 is 1.36 bits per heavy atom. The molecule has 4 rings (SSSR count). The first-order chi connectivity index (χ1) is 24.0. The second-order valence-corrected chi connectivity index (χ2v) is 37.0. The van der Waals surface area contributed by atoms with E-state index in [0.29, 0.717) is 17.8 Å². The summed E-state index contributed by atoms with van der Waals surface area (Å²) in [6.07, 6.45) is 20.9. The second kappa shape index (κ2) is 15.5. The molecule has 0 saturated heterocycles. The van der Waals surface area contributed by atoms with Gasteiger partial charge in [-0.25, -0.2) is 0 Å². The van der Waals surface area contributed by atoms with Gasteiger partial charge in [0.2, 0.25) is 0 Å². The molecule has 4 aliphatic carbocycles. The maximum atomic E-state index is 12.3. The van der Waals surface area contributed by atoms with Crippen molar-refractivity contribution in [1.29, 1.82) is 0 Å². The number of hydrogen-bond acceptors (Lipinski definition) is 4. The molecule has 0 aliphatic heterocycles. The molecule has 0 radical (unpaired) electrons. The standard InChI is InChI=1S/C46H82O4Si3/c1-33(21-26-41(46(32-47)28-29-46)50-53(17,18)44(9,10)11)38-24-25-39-35(20-19-27-45(38,39)12)22-23-36-30-37(48-51(13,14)42(3,4)5)31-40(34(36)2)49-52(15,16)43(6,7)8/h21-23,26,32-33,37-41H,2,19-20,24-25,27-31H2,1,3-18H3/b26-21+,35-22+,36-23-/t33-,37-,38-,39+,40+,41-,45-/m1/s1. The van der Waals surface area contributed by atoms with Gasteiger partial charge < -0.3 is 18.1 Å². The molecule has 0 unspecified atom stereocenters. The summed E-state index contributed by atoms with van der Waals surface area (Å²) < 4.78 is 21.2. The molecule has 0 N–H and O–H groups in total. The van der Waals surface area contributed by atoms with Crippen LogP contribution < -0.4 is 0 Å². The van der Waals surface area contributed by atoms with E-state index >= 15 is 0 Å². The summed E-state index contributed by atoms with van der Waals surface area (Å²) >= 11 is 0. The van der Waals surface area contributed by atoms with E-state index in [1.54, 1.807) is 5.57 Å². The van der Waals surface area contributed by atoms with Crippen LogP contribution in [0.5, 0.6) is 0 Å². The lowest BCUT2D eigenvalue weighted by Crippen LogP contribution is -2.49. The van der Waals surface area contributed by atoms with Crippen LogP contribution in [0.1, 0.15) is 134 Å². The van der Waals surface area contributed by atoms with Crippen molar-refractivity contribution >= 4 is 31.2 Å². The Morgan fingerprint density at radius 3 is 1.89 bits per heavy atom. The zero-order chi connectivity index (χ0) is 40.2. The Balaban J connectivity index is 1.58. The molecule has 0 spiro atoms. The topological polar surface area (TPSA) is 44.8 Å². The highest BCUT2D eigenvalue weighted by Crippen LogP contribution is 2.60. The molecule has 0 amide bonds. The third-order valence-electron chi connectivity index (χ3n) is 15.9. The van der Waals surface area contributed by atoms with E-state index in [2.05, 4.69) is 140 Å². The molecule has 7 atom stereocenters. The van der Waals surface area contributed by atoms with E-state index in [1.807, 2.05) is 0 Å². The minimum atomic E-state index is -2.03. The average molecular weight is 783 g/mol. The van der Waals surface area contributed by atoms with Crippen LogP contribution in [0.2, 0.25) is 54.4 Å². The lowest BCUT2D eigenvalue weighted by atomic mass is 9.61. The zero-order valence-electron chi connectivity index (χ0n) is 37.6. The molecular weight excluding hydrogens is 701 g/mol. The Hall–Kier alpha value is -0.839. The van der Waals surface area contributed by atoms with Crippen LogP contribution in [0.4, 0.5) is 0 Å². The molecule has 4 fully saturated rings. The van der Waals surface area contributed by atoms with E-state index in [9.17, 15) is 4.79 Å². The average Bonchev–Trinajstić information content (AvgIpc) is 3.72. The largest absolute Gasteiger partial charge is 0.413 e. The highest BCUT2D eigenvalue weighted by molar-refractivity contribution is 6.75. The van der Waals surface area contributed by atoms with Crippen LogP contribution in [-0.2, 0) is 18.1 Å². The van der Waals surface area contributed by atoms with E-state index in [4.69, 9.17) is 19.9 Å². The highest BCUT2D eigenvalue weighted by Gasteiger charge is 2.54. The van der Waals surface area contributed by atoms with E-state index in [1.165, 1.54) is 49.5 Å². The van der Waals surface area contributed by atoms with Gasteiger partial charge in [-0.15, -0.1) is 0 Å². The van der Waals surface area contributed by atoms with Crippen molar-refractivity contribution in [3.8, 4) is 0 Å². The summed E-state index contributed by atoms with van der Waals surface area (Å²) in [6.45, 7) is 44.8. The Labute approximate surface area is 330 Å². The van der Waals surface area contributed by atoms with Crippen LogP contribution in [0.25, 0.3) is 0 Å². The van der Waals surface area contributed by atoms with Gasteiger partial charge >= 0.3 is 0 Å². The fourth-order valence-electron chi connectivity index (χ4n) is 8.77. The van der Waals surface area contributed by atoms with Crippen LogP contribution in [0, 0.1) is 28.6 Å². The number of rotatable bonds is 12.